The predicted molar refractivity (Wildman–Crippen MR) is 217 cm³/mol. The zero-order valence-electron chi connectivity index (χ0n) is 29.7. The van der Waals surface area contributed by atoms with Crippen molar-refractivity contribution < 1.29 is 0 Å². The average molecular weight is 654 g/mol. The minimum atomic E-state index is 0.336. The molecule has 2 radical (unpaired) electrons. The number of thioether (sulfide) groups is 1. The van der Waals surface area contributed by atoms with Crippen LogP contribution >= 0.6 is 36.6 Å². The normalized spacial score (nSPS) is 17.1. The van der Waals surface area contributed by atoms with Gasteiger partial charge >= 0.3 is 0 Å². The van der Waals surface area contributed by atoms with Crippen LogP contribution in [0.1, 0.15) is 123 Å². The fourth-order valence-corrected chi connectivity index (χ4v) is 5.76. The molecule has 3 rings (SSSR count). The van der Waals surface area contributed by atoms with Crippen LogP contribution in [0.5, 0.6) is 0 Å². The molecule has 0 saturated heterocycles. The summed E-state index contributed by atoms with van der Waals surface area (Å²) >= 11 is 10.7. The molecule has 2 aliphatic rings. The van der Waals surface area contributed by atoms with Crippen LogP contribution in [0.15, 0.2) is 91.1 Å². The van der Waals surface area contributed by atoms with Gasteiger partial charge in [0, 0.05) is 21.8 Å². The van der Waals surface area contributed by atoms with E-state index >= 15 is 0 Å². The molecule has 246 valence electrons. The third-order valence-electron chi connectivity index (χ3n) is 6.50. The molecule has 1 aliphatic carbocycles. The van der Waals surface area contributed by atoms with Gasteiger partial charge in [-0.3, -0.25) is 0 Å². The summed E-state index contributed by atoms with van der Waals surface area (Å²) < 4.78 is 0.588. The Balaban J connectivity index is -0.000000582. The number of benzene rings is 1. The number of thiocarbonyl (C=S) groups is 1. The number of hydrogen-bond acceptors (Lipinski definition) is 4. The maximum atomic E-state index is 5.02. The lowest BCUT2D eigenvalue weighted by atomic mass is 9.83. The predicted octanol–water partition coefficient (Wildman–Crippen LogP) is 12.8. The molecular formula is C39H64BNS3. The van der Waals surface area contributed by atoms with E-state index in [4.69, 9.17) is 7.85 Å². The fraction of sp³-hybridized carbons (Fsp3) is 0.513. The number of rotatable bonds is 9. The Hall–Kier alpha value is -1.69. The molecule has 44 heavy (non-hydrogen) atoms. The second-order valence-electron chi connectivity index (χ2n) is 10.3. The summed E-state index contributed by atoms with van der Waals surface area (Å²) in [6, 6.07) is 7.16. The summed E-state index contributed by atoms with van der Waals surface area (Å²) in [5, 5.41) is 4.07. The molecule has 0 bridgehead atoms. The lowest BCUT2D eigenvalue weighted by molar-refractivity contribution is 0.630. The van der Waals surface area contributed by atoms with Gasteiger partial charge in [0.2, 0.25) is 0 Å². The molecule has 3 unspecified atom stereocenters. The van der Waals surface area contributed by atoms with Crippen LogP contribution in [0.25, 0.3) is 0 Å². The zero-order valence-corrected chi connectivity index (χ0v) is 32.2. The van der Waals surface area contributed by atoms with Crippen molar-refractivity contribution in [1.29, 1.82) is 0 Å². The first-order chi connectivity index (χ1) is 21.1. The van der Waals surface area contributed by atoms with Crippen molar-refractivity contribution in [3.63, 3.8) is 0 Å². The van der Waals surface area contributed by atoms with E-state index in [1.165, 1.54) is 61.0 Å². The van der Waals surface area contributed by atoms with Gasteiger partial charge in [-0.2, -0.15) is 12.6 Å². The van der Waals surface area contributed by atoms with Gasteiger partial charge in [0.25, 0.3) is 0 Å². The molecule has 0 amide bonds. The number of hydrogen-bond donors (Lipinski definition) is 2. The Labute approximate surface area is 291 Å². The topological polar surface area (TPSA) is 12.0 Å². The number of aryl methyl sites for hydroxylation is 2. The van der Waals surface area contributed by atoms with Crippen molar-refractivity contribution in [2.24, 2.45) is 0 Å². The van der Waals surface area contributed by atoms with Crippen LogP contribution in [0.2, 0.25) is 0 Å². The summed E-state index contributed by atoms with van der Waals surface area (Å²) in [4.78, 5) is 1.25. The van der Waals surface area contributed by atoms with Crippen LogP contribution in [0, 0.1) is 6.92 Å². The van der Waals surface area contributed by atoms with Crippen LogP contribution in [-0.4, -0.2) is 23.2 Å². The van der Waals surface area contributed by atoms with Crippen molar-refractivity contribution in [3.8, 4) is 0 Å². The largest absolute Gasteiger partial charge is 0.371 e. The summed E-state index contributed by atoms with van der Waals surface area (Å²) in [6.45, 7) is 31.9. The molecule has 0 fully saturated rings. The molecule has 1 aliphatic heterocycles. The van der Waals surface area contributed by atoms with Gasteiger partial charge in [-0.25, -0.2) is 0 Å². The maximum absolute atomic E-state index is 5.02. The van der Waals surface area contributed by atoms with E-state index < -0.39 is 0 Å². The summed E-state index contributed by atoms with van der Waals surface area (Å²) in [5.74, 6) is 0.665. The van der Waals surface area contributed by atoms with Crippen molar-refractivity contribution in [2.45, 2.75) is 130 Å². The van der Waals surface area contributed by atoms with E-state index in [2.05, 4.69) is 115 Å². The Morgan fingerprint density at radius 2 is 1.75 bits per heavy atom. The van der Waals surface area contributed by atoms with Gasteiger partial charge in [0.1, 0.15) is 7.85 Å². The quantitative estimate of drug-likeness (QED) is 0.0905. The Bertz CT molecular complexity index is 1010. The van der Waals surface area contributed by atoms with Gasteiger partial charge in [0.15, 0.2) is 0 Å². The lowest BCUT2D eigenvalue weighted by Crippen LogP contribution is -2.27. The third kappa shape index (κ3) is 21.9. The molecular weight excluding hydrogens is 589 g/mol. The summed E-state index contributed by atoms with van der Waals surface area (Å²) in [7, 11) is 5.02. The standard InChI is InChI=1S/C19H28.C10H15NS2.C3H5BS.C3H6.C2H6.C2H4/c1-4-5-6-9-17-11-12-19(16(3)14-17)18-10-7-8-15(2)13-18;1-4-6-9-8(5-2)11-10(13-9)7(3)12;1-2-3(4)5;1-3-2;2*1-2/h11-14,18H,4-10H2,1-3H3;4-7,10-12H,2H2,1,3H3;2H2,1H3;3H,1H2,2H3;1-2H3;1-2H2/b;6-4+;;;;. The zero-order chi connectivity index (χ0) is 34.5. The van der Waals surface area contributed by atoms with Crippen LogP contribution in [0.4, 0.5) is 0 Å². The molecule has 1 N–H and O–H groups in total. The molecule has 0 aromatic heterocycles. The van der Waals surface area contributed by atoms with Crippen molar-refractivity contribution in [2.75, 3.05) is 0 Å². The van der Waals surface area contributed by atoms with Gasteiger partial charge in [-0.05, 0) is 89.0 Å². The minimum absolute atomic E-state index is 0.336. The van der Waals surface area contributed by atoms with Crippen molar-refractivity contribution in [3.05, 3.63) is 108 Å². The summed E-state index contributed by atoms with van der Waals surface area (Å²) in [6.07, 6.45) is 20.3. The van der Waals surface area contributed by atoms with E-state index in [9.17, 15) is 0 Å². The van der Waals surface area contributed by atoms with Crippen LogP contribution in [-0.2, 0) is 6.42 Å². The monoisotopic (exact) mass is 653 g/mol. The lowest BCUT2D eigenvalue weighted by Gasteiger charge is -2.22. The highest BCUT2D eigenvalue weighted by molar-refractivity contribution is 8.04. The van der Waals surface area contributed by atoms with Crippen molar-refractivity contribution >= 4 is 49.2 Å². The third-order valence-corrected chi connectivity index (χ3v) is 8.68. The first-order valence-corrected chi connectivity index (χ1v) is 18.1. The van der Waals surface area contributed by atoms with Crippen molar-refractivity contribution in [1.82, 2.24) is 5.32 Å². The van der Waals surface area contributed by atoms with E-state index in [1.807, 2.05) is 58.5 Å². The molecule has 0 spiro atoms. The number of unbranched alkanes of at least 4 members (excludes halogenated alkanes) is 2. The number of thiol groups is 1. The highest BCUT2D eigenvalue weighted by Crippen LogP contribution is 2.35. The highest BCUT2D eigenvalue weighted by atomic mass is 32.2. The SMILES string of the molecule is C=C.C=CC.C=CC1=C(/C=C/C)SC(C(C)S)N1.CC.CCCCCc1ccc(C2C=C(C)CCC2)c(C)c1.[B]C(=S)CC. The molecule has 1 aromatic rings. The first-order valence-electron chi connectivity index (χ1n) is 16.3. The second kappa shape index (κ2) is 31.3. The smallest absolute Gasteiger partial charge is 0.123 e. The summed E-state index contributed by atoms with van der Waals surface area (Å²) in [5.41, 5.74) is 7.26. The fourth-order valence-electron chi connectivity index (χ4n) is 4.36. The Morgan fingerprint density at radius 1 is 1.16 bits per heavy atom. The number of nitrogens with one attached hydrogen (secondary N) is 1. The maximum Gasteiger partial charge on any atom is 0.123 e. The second-order valence-corrected chi connectivity index (χ2v) is 12.8. The van der Waals surface area contributed by atoms with E-state index in [0.29, 0.717) is 21.3 Å². The van der Waals surface area contributed by atoms with E-state index in [-0.39, 0.29) is 0 Å². The first kappa shape index (κ1) is 46.7. The Morgan fingerprint density at radius 3 is 2.18 bits per heavy atom. The van der Waals surface area contributed by atoms with Gasteiger partial charge in [-0.1, -0.05) is 119 Å². The van der Waals surface area contributed by atoms with E-state index in [0.717, 1.165) is 12.1 Å². The van der Waals surface area contributed by atoms with Gasteiger partial charge < -0.3 is 5.32 Å². The minimum Gasteiger partial charge on any atom is -0.371 e. The van der Waals surface area contributed by atoms with Gasteiger partial charge in [-0.15, -0.1) is 32.0 Å². The number of allylic oxidation sites excluding steroid dienone is 6. The highest BCUT2D eigenvalue weighted by Gasteiger charge is 2.23. The average Bonchev–Trinajstić information content (AvgIpc) is 3.44. The molecule has 1 aromatic carbocycles. The Kier molecular flexibility index (Phi) is 33.2. The van der Waals surface area contributed by atoms with Gasteiger partial charge in [0.05, 0.1) is 5.37 Å². The molecule has 1 heterocycles. The molecule has 3 atom stereocenters. The van der Waals surface area contributed by atoms with E-state index in [1.54, 1.807) is 17.2 Å². The molecule has 1 nitrogen and oxygen atoms in total. The van der Waals surface area contributed by atoms with Crippen LogP contribution < -0.4 is 5.32 Å². The van der Waals surface area contributed by atoms with Crippen LogP contribution in [0.3, 0.4) is 0 Å². The molecule has 0 saturated carbocycles. The molecule has 5 heteroatoms.